The van der Waals surface area contributed by atoms with Crippen molar-refractivity contribution in [3.8, 4) is 10.4 Å². The van der Waals surface area contributed by atoms with Crippen molar-refractivity contribution >= 4 is 28.3 Å². The van der Waals surface area contributed by atoms with Gasteiger partial charge in [0.2, 0.25) is 0 Å². The number of carbonyl (C=O) groups excluding carboxylic acids is 1. The molecule has 0 bridgehead atoms. The lowest BCUT2D eigenvalue weighted by molar-refractivity contribution is -0.00633. The second-order valence-corrected chi connectivity index (χ2v) is 8.33. The molecule has 0 atom stereocenters. The third-order valence-electron chi connectivity index (χ3n) is 5.59. The van der Waals surface area contributed by atoms with Gasteiger partial charge < -0.3 is 19.8 Å². The highest BCUT2D eigenvalue weighted by Gasteiger charge is 2.27. The summed E-state index contributed by atoms with van der Waals surface area (Å²) in [6, 6.07) is 4.18. The Morgan fingerprint density at radius 3 is 2.72 bits per heavy atom. The first-order valence-electron chi connectivity index (χ1n) is 9.90. The van der Waals surface area contributed by atoms with Crippen LogP contribution < -0.4 is 5.73 Å². The van der Waals surface area contributed by atoms with Crippen LogP contribution in [0.4, 0.5) is 0 Å². The number of nitrogens with two attached hydrogens (primary N) is 1. The van der Waals surface area contributed by atoms with Crippen molar-refractivity contribution in [2.75, 3.05) is 20.3 Å². The average molecular weight is 415 g/mol. The summed E-state index contributed by atoms with van der Waals surface area (Å²) in [6.45, 7) is 3.25. The lowest BCUT2D eigenvalue weighted by Crippen LogP contribution is -2.26. The van der Waals surface area contributed by atoms with Crippen molar-refractivity contribution in [3.05, 3.63) is 35.2 Å². The van der Waals surface area contributed by atoms with E-state index in [-0.39, 0.29) is 12.1 Å². The zero-order valence-corrected chi connectivity index (χ0v) is 17.6. The minimum absolute atomic E-state index is 0.269. The van der Waals surface area contributed by atoms with Crippen LogP contribution in [0.25, 0.3) is 21.5 Å². The highest BCUT2D eigenvalue weighted by Crippen LogP contribution is 2.36. The van der Waals surface area contributed by atoms with E-state index in [0.29, 0.717) is 18.8 Å². The number of aromatic nitrogens is 3. The number of carbonyl (C=O) groups is 1. The fraction of sp³-hybridized carbons (Fsp3) is 0.476. The molecule has 1 fully saturated rings. The van der Waals surface area contributed by atoms with Crippen LogP contribution in [0.2, 0.25) is 0 Å². The molecule has 2 N–H and O–H groups in total. The van der Waals surface area contributed by atoms with Gasteiger partial charge in [0.1, 0.15) is 5.82 Å². The Bertz CT molecular complexity index is 991. The minimum atomic E-state index is -0.431. The van der Waals surface area contributed by atoms with Gasteiger partial charge in [-0.1, -0.05) is 0 Å². The van der Waals surface area contributed by atoms with E-state index in [2.05, 4.69) is 9.55 Å². The number of hydrogen-bond acceptors (Lipinski definition) is 6. The molecule has 29 heavy (non-hydrogen) atoms. The average Bonchev–Trinajstić information content (AvgIpc) is 3.35. The Hall–Kier alpha value is -2.29. The molecule has 8 heteroatoms. The van der Waals surface area contributed by atoms with Crippen LogP contribution in [0, 0.1) is 6.92 Å². The van der Waals surface area contributed by atoms with Crippen molar-refractivity contribution in [1.82, 2.24) is 14.5 Å². The van der Waals surface area contributed by atoms with E-state index < -0.39 is 5.91 Å². The third kappa shape index (κ3) is 4.05. The van der Waals surface area contributed by atoms with Gasteiger partial charge >= 0.3 is 0 Å². The van der Waals surface area contributed by atoms with Gasteiger partial charge in [0.15, 0.2) is 0 Å². The van der Waals surface area contributed by atoms with Gasteiger partial charge in [0.25, 0.3) is 5.91 Å². The lowest BCUT2D eigenvalue weighted by Gasteiger charge is -2.30. The van der Waals surface area contributed by atoms with E-state index in [1.54, 1.807) is 18.8 Å². The molecule has 2 heterocycles. The Morgan fingerprint density at radius 2 is 2.07 bits per heavy atom. The molecule has 1 aliphatic carbocycles. The van der Waals surface area contributed by atoms with Crippen molar-refractivity contribution < 1.29 is 14.3 Å². The Morgan fingerprint density at radius 1 is 1.28 bits per heavy atom. The zero-order valence-electron chi connectivity index (χ0n) is 16.8. The highest BCUT2D eigenvalue weighted by atomic mass is 32.1. The Labute approximate surface area is 173 Å². The number of rotatable bonds is 7. The Kier molecular flexibility index (Phi) is 5.94. The monoisotopic (exact) mass is 414 g/mol. The molecular formula is C21H26N4O3S. The second kappa shape index (κ2) is 8.61. The van der Waals surface area contributed by atoms with Crippen LogP contribution in [0.5, 0.6) is 0 Å². The molecule has 0 aliphatic heterocycles. The topological polar surface area (TPSA) is 92.3 Å². The van der Waals surface area contributed by atoms with Crippen LogP contribution in [0.3, 0.4) is 0 Å². The molecule has 2 aromatic heterocycles. The molecule has 0 spiro atoms. The van der Waals surface area contributed by atoms with Gasteiger partial charge in [0, 0.05) is 19.3 Å². The van der Waals surface area contributed by atoms with Gasteiger partial charge in [-0.3, -0.25) is 9.78 Å². The molecule has 1 aromatic carbocycles. The fourth-order valence-corrected chi connectivity index (χ4v) is 4.86. The number of imidazole rings is 1. The minimum Gasteiger partial charge on any atom is -0.382 e. The number of thiazole rings is 1. The van der Waals surface area contributed by atoms with Crippen LogP contribution in [0.1, 0.15) is 47.9 Å². The maximum Gasteiger partial charge on any atom is 0.250 e. The van der Waals surface area contributed by atoms with Gasteiger partial charge in [-0.25, -0.2) is 4.98 Å². The van der Waals surface area contributed by atoms with E-state index in [1.807, 2.05) is 19.1 Å². The van der Waals surface area contributed by atoms with E-state index in [0.717, 1.165) is 53.0 Å². The molecule has 154 valence electrons. The molecule has 1 saturated carbocycles. The van der Waals surface area contributed by atoms with E-state index >= 15 is 0 Å². The summed E-state index contributed by atoms with van der Waals surface area (Å²) in [7, 11) is 1.68. The molecule has 0 unspecified atom stereocenters. The number of amides is 1. The number of aryl methyl sites for hydroxylation is 1. The maximum atomic E-state index is 12.3. The maximum absolute atomic E-state index is 12.3. The van der Waals surface area contributed by atoms with Gasteiger partial charge in [0.05, 0.1) is 46.3 Å². The smallest absolute Gasteiger partial charge is 0.250 e. The molecule has 7 nitrogen and oxygen atoms in total. The van der Waals surface area contributed by atoms with Crippen molar-refractivity contribution in [2.24, 2.45) is 5.73 Å². The van der Waals surface area contributed by atoms with Crippen molar-refractivity contribution in [1.29, 1.82) is 0 Å². The summed E-state index contributed by atoms with van der Waals surface area (Å²) in [4.78, 5) is 22.2. The SMILES string of the molecule is COCCOC1CCC(n2c(C)nc3cc(-c4cncs4)cc(C(N)=O)c32)CC1. The molecule has 4 rings (SSSR count). The molecule has 1 aliphatic rings. The predicted octanol–water partition coefficient (Wildman–Crippen LogP) is 3.71. The molecule has 1 amide bonds. The summed E-state index contributed by atoms with van der Waals surface area (Å²) in [5.41, 5.74) is 10.6. The quantitative estimate of drug-likeness (QED) is 0.595. The largest absolute Gasteiger partial charge is 0.382 e. The van der Waals surface area contributed by atoms with Gasteiger partial charge in [-0.05, 0) is 50.3 Å². The summed E-state index contributed by atoms with van der Waals surface area (Å²) in [5.74, 6) is 0.479. The second-order valence-electron chi connectivity index (χ2n) is 7.44. The van der Waals surface area contributed by atoms with E-state index in [9.17, 15) is 4.79 Å². The number of benzene rings is 1. The van der Waals surface area contributed by atoms with Gasteiger partial charge in [-0.2, -0.15) is 0 Å². The van der Waals surface area contributed by atoms with Crippen LogP contribution in [-0.2, 0) is 9.47 Å². The van der Waals surface area contributed by atoms with Crippen molar-refractivity contribution in [3.63, 3.8) is 0 Å². The lowest BCUT2D eigenvalue weighted by atomic mass is 9.92. The zero-order chi connectivity index (χ0) is 20.4. The number of nitrogens with zero attached hydrogens (tertiary/aromatic N) is 3. The van der Waals surface area contributed by atoms with E-state index in [4.69, 9.17) is 20.2 Å². The van der Waals surface area contributed by atoms with E-state index in [1.165, 1.54) is 11.3 Å². The normalized spacial score (nSPS) is 19.7. The standard InChI is InChI=1S/C21H26N4O3S/c1-13-24-18-10-14(19-11-23-12-29-19)9-17(21(22)26)20(18)25(13)15-3-5-16(6-4-15)28-8-7-27-2/h9-12,15-16H,3-8H2,1-2H3,(H2,22,26). The third-order valence-corrected chi connectivity index (χ3v) is 6.42. The molecular weight excluding hydrogens is 388 g/mol. The van der Waals surface area contributed by atoms with Crippen molar-refractivity contribution in [2.45, 2.75) is 44.8 Å². The van der Waals surface area contributed by atoms with Gasteiger partial charge in [-0.15, -0.1) is 11.3 Å². The number of ether oxygens (including phenoxy) is 2. The summed E-state index contributed by atoms with van der Waals surface area (Å²) in [5, 5.41) is 0. The first-order valence-corrected chi connectivity index (χ1v) is 10.8. The highest BCUT2D eigenvalue weighted by molar-refractivity contribution is 7.13. The molecule has 0 radical (unpaired) electrons. The molecule has 3 aromatic rings. The first-order chi connectivity index (χ1) is 14.1. The predicted molar refractivity (Wildman–Crippen MR) is 113 cm³/mol. The molecule has 0 saturated heterocycles. The number of hydrogen-bond donors (Lipinski definition) is 1. The summed E-state index contributed by atoms with van der Waals surface area (Å²) < 4.78 is 13.2. The van der Waals surface area contributed by atoms with Crippen LogP contribution >= 0.6 is 11.3 Å². The van der Waals surface area contributed by atoms with Crippen LogP contribution in [-0.4, -0.2) is 46.9 Å². The van der Waals surface area contributed by atoms with Crippen LogP contribution in [0.15, 0.2) is 23.8 Å². The first kappa shape index (κ1) is 20.0. The fourth-order valence-electron chi connectivity index (χ4n) is 4.25. The number of methoxy groups -OCH3 is 1. The summed E-state index contributed by atoms with van der Waals surface area (Å²) >= 11 is 1.53. The Balaban J connectivity index is 1.65. The summed E-state index contributed by atoms with van der Waals surface area (Å²) in [6.07, 6.45) is 6.00. The number of fused-ring (bicyclic) bond motifs is 1. The number of primary amides is 1.